The molecule has 0 saturated heterocycles. The van der Waals surface area contributed by atoms with E-state index in [1.54, 1.807) is 44.2 Å². The number of amides is 1. The Hall–Kier alpha value is -3.70. The Bertz CT molecular complexity index is 1350. The molecule has 0 unspecified atom stereocenters. The van der Waals surface area contributed by atoms with Gasteiger partial charge < -0.3 is 19.5 Å². The van der Waals surface area contributed by atoms with Crippen molar-refractivity contribution >= 4 is 55.9 Å². The molecule has 0 bridgehead atoms. The van der Waals surface area contributed by atoms with Crippen molar-refractivity contribution in [2.45, 2.75) is 20.8 Å². The highest BCUT2D eigenvalue weighted by atomic mass is 79.9. The van der Waals surface area contributed by atoms with Gasteiger partial charge in [-0.05, 0) is 78.2 Å². The first-order chi connectivity index (χ1) is 17.7. The molecule has 3 rings (SSSR count). The highest BCUT2D eigenvalue weighted by molar-refractivity contribution is 9.10. The molecule has 0 aliphatic rings. The van der Waals surface area contributed by atoms with Gasteiger partial charge >= 0.3 is 5.97 Å². The standard InChI is InChI=1S/C26H25BrN2O7S/c1-5-35-24-19(27)13-16(14-20(24)34-4)7-12-21(30)28-25-23(26(31)36-6-2)22(15(3)37-25)17-8-10-18(11-9-17)29(32)33/h7-14H,5-6H2,1-4H3,(H,28,30). The SMILES string of the molecule is CCOC(=O)c1c(NC(=O)C=Cc2cc(Br)c(OCC)c(OC)c2)sc(C)c1-c1ccc([N+](=O)[O-])cc1. The third-order valence-electron chi connectivity index (χ3n) is 5.13. The van der Waals surface area contributed by atoms with Crippen molar-refractivity contribution in [3.63, 3.8) is 0 Å². The van der Waals surface area contributed by atoms with Crippen LogP contribution in [0, 0.1) is 17.0 Å². The number of thiophene rings is 1. The Balaban J connectivity index is 1.92. The fourth-order valence-corrected chi connectivity index (χ4v) is 5.22. The van der Waals surface area contributed by atoms with Crippen molar-refractivity contribution in [3.8, 4) is 22.6 Å². The monoisotopic (exact) mass is 588 g/mol. The molecule has 1 heterocycles. The number of ether oxygens (including phenoxy) is 3. The number of halogens is 1. The molecule has 0 spiro atoms. The minimum Gasteiger partial charge on any atom is -0.493 e. The van der Waals surface area contributed by atoms with E-state index in [0.717, 1.165) is 4.88 Å². The van der Waals surface area contributed by atoms with Gasteiger partial charge in [0.15, 0.2) is 11.5 Å². The molecule has 3 aromatic rings. The lowest BCUT2D eigenvalue weighted by molar-refractivity contribution is -0.384. The Morgan fingerprint density at radius 2 is 1.86 bits per heavy atom. The number of nitro benzene ring substituents is 1. The fraction of sp³-hybridized carbons (Fsp3) is 0.231. The Labute approximate surface area is 226 Å². The van der Waals surface area contributed by atoms with E-state index in [4.69, 9.17) is 14.2 Å². The summed E-state index contributed by atoms with van der Waals surface area (Å²) in [6.45, 7) is 5.98. The molecule has 1 amide bonds. The van der Waals surface area contributed by atoms with Crippen LogP contribution in [0.2, 0.25) is 0 Å². The molecule has 0 radical (unpaired) electrons. The third-order valence-corrected chi connectivity index (χ3v) is 6.74. The van der Waals surface area contributed by atoms with E-state index in [1.165, 1.54) is 36.7 Å². The van der Waals surface area contributed by atoms with E-state index >= 15 is 0 Å². The lowest BCUT2D eigenvalue weighted by atomic mass is 10.0. The molecule has 194 valence electrons. The van der Waals surface area contributed by atoms with Crippen molar-refractivity contribution in [2.24, 2.45) is 0 Å². The summed E-state index contributed by atoms with van der Waals surface area (Å²) in [5.74, 6) is 0.0340. The van der Waals surface area contributed by atoms with Crippen LogP contribution in [0.4, 0.5) is 10.7 Å². The summed E-state index contributed by atoms with van der Waals surface area (Å²) in [7, 11) is 1.53. The summed E-state index contributed by atoms with van der Waals surface area (Å²) >= 11 is 4.68. The molecule has 0 aliphatic carbocycles. The minimum absolute atomic E-state index is 0.0643. The number of nitrogens with zero attached hydrogens (tertiary/aromatic N) is 1. The summed E-state index contributed by atoms with van der Waals surface area (Å²) in [6, 6.07) is 9.41. The van der Waals surface area contributed by atoms with Crippen LogP contribution < -0.4 is 14.8 Å². The first-order valence-electron chi connectivity index (χ1n) is 11.2. The number of carbonyl (C=O) groups excluding carboxylic acids is 2. The molecular formula is C26H25BrN2O7S. The number of benzene rings is 2. The zero-order valence-corrected chi connectivity index (χ0v) is 23.0. The number of nitrogens with one attached hydrogen (secondary N) is 1. The third kappa shape index (κ3) is 6.55. The molecule has 1 N–H and O–H groups in total. The highest BCUT2D eigenvalue weighted by Gasteiger charge is 2.25. The molecule has 0 atom stereocenters. The van der Waals surface area contributed by atoms with Crippen LogP contribution in [0.3, 0.4) is 0 Å². The number of esters is 1. The van der Waals surface area contributed by atoms with Gasteiger partial charge in [0.2, 0.25) is 5.91 Å². The molecule has 11 heteroatoms. The number of methoxy groups -OCH3 is 1. The van der Waals surface area contributed by atoms with E-state index in [0.29, 0.717) is 44.3 Å². The van der Waals surface area contributed by atoms with E-state index in [9.17, 15) is 19.7 Å². The normalized spacial score (nSPS) is 10.8. The van der Waals surface area contributed by atoms with Crippen LogP contribution in [-0.4, -0.2) is 37.1 Å². The van der Waals surface area contributed by atoms with Gasteiger partial charge in [0, 0.05) is 28.6 Å². The lowest BCUT2D eigenvalue weighted by Crippen LogP contribution is -2.12. The smallest absolute Gasteiger partial charge is 0.341 e. The Morgan fingerprint density at radius 3 is 2.46 bits per heavy atom. The predicted molar refractivity (Wildman–Crippen MR) is 147 cm³/mol. The second-order valence-electron chi connectivity index (χ2n) is 7.55. The zero-order chi connectivity index (χ0) is 27.1. The molecule has 0 fully saturated rings. The van der Waals surface area contributed by atoms with Gasteiger partial charge in [0.05, 0.1) is 29.7 Å². The Morgan fingerprint density at radius 1 is 1.16 bits per heavy atom. The number of carbonyl (C=O) groups is 2. The number of aryl methyl sites for hydroxylation is 1. The second kappa shape index (κ2) is 12.5. The van der Waals surface area contributed by atoms with Crippen LogP contribution in [0.25, 0.3) is 17.2 Å². The highest BCUT2D eigenvalue weighted by Crippen LogP contribution is 2.41. The predicted octanol–water partition coefficient (Wildman–Crippen LogP) is 6.63. The number of rotatable bonds is 10. The van der Waals surface area contributed by atoms with E-state index in [-0.39, 0.29) is 17.9 Å². The van der Waals surface area contributed by atoms with Gasteiger partial charge in [-0.1, -0.05) is 0 Å². The largest absolute Gasteiger partial charge is 0.493 e. The van der Waals surface area contributed by atoms with E-state index in [2.05, 4.69) is 21.2 Å². The average molecular weight is 589 g/mol. The van der Waals surface area contributed by atoms with Gasteiger partial charge in [-0.25, -0.2) is 4.79 Å². The maximum Gasteiger partial charge on any atom is 0.341 e. The van der Waals surface area contributed by atoms with Crippen molar-refractivity contribution in [3.05, 3.63) is 73.1 Å². The first kappa shape index (κ1) is 27.9. The van der Waals surface area contributed by atoms with Gasteiger partial charge in [0.25, 0.3) is 5.69 Å². The van der Waals surface area contributed by atoms with Crippen LogP contribution in [-0.2, 0) is 9.53 Å². The van der Waals surface area contributed by atoms with E-state index < -0.39 is 16.8 Å². The average Bonchev–Trinajstić information content (AvgIpc) is 3.19. The van der Waals surface area contributed by atoms with Crippen molar-refractivity contribution in [1.29, 1.82) is 0 Å². The fourth-order valence-electron chi connectivity index (χ4n) is 3.57. The summed E-state index contributed by atoms with van der Waals surface area (Å²) in [5, 5.41) is 14.1. The number of hydrogen-bond donors (Lipinski definition) is 1. The van der Waals surface area contributed by atoms with Gasteiger partial charge in [-0.3, -0.25) is 14.9 Å². The molecule has 9 nitrogen and oxygen atoms in total. The van der Waals surface area contributed by atoms with Crippen molar-refractivity contribution in [2.75, 3.05) is 25.6 Å². The second-order valence-corrected chi connectivity index (χ2v) is 9.63. The number of hydrogen-bond acceptors (Lipinski definition) is 8. The first-order valence-corrected chi connectivity index (χ1v) is 12.9. The van der Waals surface area contributed by atoms with Crippen LogP contribution in [0.5, 0.6) is 11.5 Å². The van der Waals surface area contributed by atoms with Gasteiger partial charge in [-0.15, -0.1) is 11.3 Å². The van der Waals surface area contributed by atoms with Crippen LogP contribution in [0.15, 0.2) is 46.9 Å². The molecule has 37 heavy (non-hydrogen) atoms. The maximum absolute atomic E-state index is 12.9. The molecular weight excluding hydrogens is 564 g/mol. The Kier molecular flexibility index (Phi) is 9.42. The van der Waals surface area contributed by atoms with Crippen molar-refractivity contribution < 1.29 is 28.7 Å². The molecule has 1 aromatic heterocycles. The summed E-state index contributed by atoms with van der Waals surface area (Å²) in [6.07, 6.45) is 2.96. The minimum atomic E-state index is -0.598. The van der Waals surface area contributed by atoms with Crippen LogP contribution >= 0.6 is 27.3 Å². The molecule has 0 saturated carbocycles. The lowest BCUT2D eigenvalue weighted by Gasteiger charge is -2.12. The topological polar surface area (TPSA) is 117 Å². The quantitative estimate of drug-likeness (QED) is 0.122. The van der Waals surface area contributed by atoms with Crippen LogP contribution in [0.1, 0.15) is 34.6 Å². The van der Waals surface area contributed by atoms with Gasteiger partial charge in [0.1, 0.15) is 10.6 Å². The zero-order valence-electron chi connectivity index (χ0n) is 20.6. The molecule has 0 aliphatic heterocycles. The van der Waals surface area contributed by atoms with E-state index in [1.807, 2.05) is 6.92 Å². The van der Waals surface area contributed by atoms with Gasteiger partial charge in [-0.2, -0.15) is 0 Å². The summed E-state index contributed by atoms with van der Waals surface area (Å²) in [4.78, 5) is 37.0. The molecule has 2 aromatic carbocycles. The number of non-ortho nitro benzene ring substituents is 1. The summed E-state index contributed by atoms with van der Waals surface area (Å²) < 4.78 is 16.9. The maximum atomic E-state index is 12.9. The van der Waals surface area contributed by atoms with Crippen molar-refractivity contribution in [1.82, 2.24) is 0 Å². The summed E-state index contributed by atoms with van der Waals surface area (Å²) in [5.41, 5.74) is 1.99. The number of nitro groups is 1. The number of anilines is 1.